The van der Waals surface area contributed by atoms with Crippen molar-refractivity contribution in [3.8, 4) is 5.75 Å². The van der Waals surface area contributed by atoms with Crippen molar-refractivity contribution in [1.82, 2.24) is 0 Å². The molecule has 0 fully saturated rings. The fourth-order valence-electron chi connectivity index (χ4n) is 1.12. The van der Waals surface area contributed by atoms with Gasteiger partial charge in [0, 0.05) is 0 Å². The number of benzene rings is 1. The molecule has 0 aliphatic rings. The summed E-state index contributed by atoms with van der Waals surface area (Å²) < 4.78 is 5.69. The van der Waals surface area contributed by atoms with E-state index in [4.69, 9.17) is 21.4 Å². The van der Waals surface area contributed by atoms with Gasteiger partial charge in [0.05, 0.1) is 10.6 Å². The van der Waals surface area contributed by atoms with Crippen LogP contribution in [0.15, 0.2) is 18.2 Å². The van der Waals surface area contributed by atoms with E-state index < -0.39 is 5.97 Å². The first-order valence-corrected chi connectivity index (χ1v) is 5.45. The molecule has 0 heterocycles. The summed E-state index contributed by atoms with van der Waals surface area (Å²) in [6.45, 7) is 5.95. The SMILES string of the molecule is CCC(C)(C)Oc1ccc(C(=O)O)c(Cl)c1. The van der Waals surface area contributed by atoms with E-state index in [0.29, 0.717) is 5.75 Å². The topological polar surface area (TPSA) is 46.5 Å². The third kappa shape index (κ3) is 3.14. The van der Waals surface area contributed by atoms with Crippen LogP contribution in [0.1, 0.15) is 37.6 Å². The van der Waals surface area contributed by atoms with Crippen LogP contribution in [0.25, 0.3) is 0 Å². The molecule has 88 valence electrons. The molecule has 0 unspecified atom stereocenters. The van der Waals surface area contributed by atoms with E-state index in [0.717, 1.165) is 6.42 Å². The molecule has 16 heavy (non-hydrogen) atoms. The number of ether oxygens (including phenoxy) is 1. The zero-order valence-electron chi connectivity index (χ0n) is 9.58. The summed E-state index contributed by atoms with van der Waals surface area (Å²) in [6.07, 6.45) is 0.852. The smallest absolute Gasteiger partial charge is 0.337 e. The largest absolute Gasteiger partial charge is 0.488 e. The highest BCUT2D eigenvalue weighted by atomic mass is 35.5. The molecule has 0 saturated carbocycles. The molecule has 0 saturated heterocycles. The lowest BCUT2D eigenvalue weighted by atomic mass is 10.1. The maximum Gasteiger partial charge on any atom is 0.337 e. The van der Waals surface area contributed by atoms with Crippen molar-refractivity contribution >= 4 is 17.6 Å². The highest BCUT2D eigenvalue weighted by molar-refractivity contribution is 6.33. The van der Waals surface area contributed by atoms with Crippen LogP contribution in [-0.2, 0) is 0 Å². The van der Waals surface area contributed by atoms with Crippen LogP contribution >= 0.6 is 11.6 Å². The average Bonchev–Trinajstić information content (AvgIpc) is 2.16. The summed E-state index contributed by atoms with van der Waals surface area (Å²) >= 11 is 5.84. The van der Waals surface area contributed by atoms with Gasteiger partial charge in [0.15, 0.2) is 0 Å². The van der Waals surface area contributed by atoms with Crippen LogP contribution < -0.4 is 4.74 Å². The van der Waals surface area contributed by atoms with Crippen LogP contribution in [0.4, 0.5) is 0 Å². The van der Waals surface area contributed by atoms with Crippen LogP contribution in [0.2, 0.25) is 5.02 Å². The van der Waals surface area contributed by atoms with Crippen molar-refractivity contribution in [3.05, 3.63) is 28.8 Å². The number of hydrogen-bond donors (Lipinski definition) is 1. The van der Waals surface area contributed by atoms with Crippen LogP contribution in [-0.4, -0.2) is 16.7 Å². The zero-order chi connectivity index (χ0) is 12.3. The van der Waals surface area contributed by atoms with Gasteiger partial charge in [0.1, 0.15) is 11.4 Å². The zero-order valence-corrected chi connectivity index (χ0v) is 10.3. The van der Waals surface area contributed by atoms with Crippen molar-refractivity contribution in [2.75, 3.05) is 0 Å². The Morgan fingerprint density at radius 1 is 1.50 bits per heavy atom. The minimum atomic E-state index is -1.04. The van der Waals surface area contributed by atoms with E-state index in [1.165, 1.54) is 12.1 Å². The Bertz CT molecular complexity index is 399. The molecule has 1 rings (SSSR count). The molecule has 1 N–H and O–H groups in total. The summed E-state index contributed by atoms with van der Waals surface area (Å²) in [5.41, 5.74) is -0.197. The van der Waals surface area contributed by atoms with Crippen molar-refractivity contribution in [1.29, 1.82) is 0 Å². The number of carboxylic acids is 1. The van der Waals surface area contributed by atoms with E-state index in [2.05, 4.69) is 0 Å². The van der Waals surface area contributed by atoms with E-state index in [1.807, 2.05) is 20.8 Å². The lowest BCUT2D eigenvalue weighted by molar-refractivity contribution is 0.0697. The van der Waals surface area contributed by atoms with Gasteiger partial charge in [0.2, 0.25) is 0 Å². The molecule has 3 nitrogen and oxygen atoms in total. The van der Waals surface area contributed by atoms with E-state index in [1.54, 1.807) is 6.07 Å². The molecule has 0 bridgehead atoms. The summed E-state index contributed by atoms with van der Waals surface area (Å²) in [4.78, 5) is 10.7. The van der Waals surface area contributed by atoms with Crippen molar-refractivity contribution in [2.45, 2.75) is 32.8 Å². The molecule has 0 aliphatic heterocycles. The van der Waals surface area contributed by atoms with E-state index in [9.17, 15) is 4.79 Å². The van der Waals surface area contributed by atoms with Gasteiger partial charge < -0.3 is 9.84 Å². The first kappa shape index (κ1) is 12.8. The van der Waals surface area contributed by atoms with Crippen molar-refractivity contribution in [2.24, 2.45) is 0 Å². The van der Waals surface area contributed by atoms with Crippen LogP contribution in [0.5, 0.6) is 5.75 Å². The van der Waals surface area contributed by atoms with E-state index in [-0.39, 0.29) is 16.2 Å². The lowest BCUT2D eigenvalue weighted by Crippen LogP contribution is -2.26. The molecule has 0 amide bonds. The van der Waals surface area contributed by atoms with Crippen LogP contribution in [0, 0.1) is 0 Å². The standard InChI is InChI=1S/C12H15ClO3/c1-4-12(2,3)16-8-5-6-9(11(14)15)10(13)7-8/h5-7H,4H2,1-3H3,(H,14,15). The van der Waals surface area contributed by atoms with Crippen molar-refractivity contribution in [3.63, 3.8) is 0 Å². The molecule has 0 aliphatic carbocycles. The number of rotatable bonds is 4. The minimum Gasteiger partial charge on any atom is -0.488 e. The van der Waals surface area contributed by atoms with Crippen molar-refractivity contribution < 1.29 is 14.6 Å². The molecular weight excluding hydrogens is 228 g/mol. The maximum atomic E-state index is 10.7. The maximum absolute atomic E-state index is 10.7. The van der Waals surface area contributed by atoms with Gasteiger partial charge in [-0.15, -0.1) is 0 Å². The first-order valence-electron chi connectivity index (χ1n) is 5.07. The second-order valence-electron chi connectivity index (χ2n) is 4.16. The molecule has 0 aromatic heterocycles. The molecule has 0 radical (unpaired) electrons. The monoisotopic (exact) mass is 242 g/mol. The molecule has 4 heteroatoms. The second-order valence-corrected chi connectivity index (χ2v) is 4.57. The molecular formula is C12H15ClO3. The normalized spacial score (nSPS) is 11.2. The van der Waals surface area contributed by atoms with Gasteiger partial charge in [0.25, 0.3) is 0 Å². The van der Waals surface area contributed by atoms with Gasteiger partial charge in [-0.05, 0) is 38.5 Å². The number of carboxylic acid groups (broad SMARTS) is 1. The number of hydrogen-bond acceptors (Lipinski definition) is 2. The first-order chi connectivity index (χ1) is 7.35. The molecule has 1 aromatic rings. The summed E-state index contributed by atoms with van der Waals surface area (Å²) in [6, 6.07) is 4.60. The second kappa shape index (κ2) is 4.74. The fourth-order valence-corrected chi connectivity index (χ4v) is 1.38. The third-order valence-electron chi connectivity index (χ3n) is 2.42. The van der Waals surface area contributed by atoms with Crippen LogP contribution in [0.3, 0.4) is 0 Å². The molecule has 0 atom stereocenters. The van der Waals surface area contributed by atoms with Gasteiger partial charge in [-0.3, -0.25) is 0 Å². The highest BCUT2D eigenvalue weighted by Gasteiger charge is 2.18. The summed E-state index contributed by atoms with van der Waals surface area (Å²) in [5.74, 6) is -0.451. The Kier molecular flexibility index (Phi) is 3.81. The average molecular weight is 243 g/mol. The lowest BCUT2D eigenvalue weighted by Gasteiger charge is -2.25. The van der Waals surface area contributed by atoms with E-state index >= 15 is 0 Å². The third-order valence-corrected chi connectivity index (χ3v) is 2.73. The quantitative estimate of drug-likeness (QED) is 0.877. The summed E-state index contributed by atoms with van der Waals surface area (Å²) in [7, 11) is 0. The highest BCUT2D eigenvalue weighted by Crippen LogP contribution is 2.26. The number of halogens is 1. The summed E-state index contributed by atoms with van der Waals surface area (Å²) in [5, 5.41) is 9.00. The Hall–Kier alpha value is -1.22. The van der Waals surface area contributed by atoms with Gasteiger partial charge in [-0.25, -0.2) is 4.79 Å². The Balaban J connectivity index is 2.94. The Labute approximate surface area is 100.0 Å². The minimum absolute atomic E-state index is 0.0864. The predicted molar refractivity (Wildman–Crippen MR) is 63.4 cm³/mol. The molecule has 1 aromatic carbocycles. The number of carbonyl (C=O) groups is 1. The van der Waals surface area contributed by atoms with Gasteiger partial charge in [-0.1, -0.05) is 18.5 Å². The fraction of sp³-hybridized carbons (Fsp3) is 0.417. The Morgan fingerprint density at radius 3 is 2.56 bits per heavy atom. The van der Waals surface area contributed by atoms with Gasteiger partial charge in [-0.2, -0.15) is 0 Å². The Morgan fingerprint density at radius 2 is 2.12 bits per heavy atom. The predicted octanol–water partition coefficient (Wildman–Crippen LogP) is 3.61. The number of aromatic carboxylic acids is 1. The molecule has 0 spiro atoms. The van der Waals surface area contributed by atoms with Gasteiger partial charge >= 0.3 is 5.97 Å².